The molecule has 3 rings (SSSR count). The third-order valence-electron chi connectivity index (χ3n) is 12.3. The Morgan fingerprint density at radius 2 is 1.46 bits per heavy atom. The molecule has 0 unspecified atom stereocenters. The number of esters is 3. The molecule has 3 fully saturated rings. The van der Waals surface area contributed by atoms with Gasteiger partial charge in [-0.15, -0.1) is 0 Å². The molecule has 0 aromatic rings. The molecule has 0 aromatic heterocycles. The van der Waals surface area contributed by atoms with E-state index >= 15 is 0 Å². The zero-order valence-electron chi connectivity index (χ0n) is 36.7. The number of aliphatic hydroxyl groups excluding tert-OH is 1. The average molecular weight is 818 g/mol. The van der Waals surface area contributed by atoms with Gasteiger partial charge in [-0.2, -0.15) is 0 Å². The van der Waals surface area contributed by atoms with Crippen molar-refractivity contribution in [3.8, 4) is 0 Å². The van der Waals surface area contributed by atoms with E-state index in [-0.39, 0.29) is 31.4 Å². The summed E-state index contributed by atoms with van der Waals surface area (Å²) in [5, 5.41) is 35.6. The number of hydrogen-bond acceptors (Lipinski definition) is 16. The Hall–Kier alpha value is -2.28. The van der Waals surface area contributed by atoms with Crippen molar-refractivity contribution in [1.29, 1.82) is 0 Å². The van der Waals surface area contributed by atoms with Crippen LogP contribution in [0.2, 0.25) is 0 Å². The van der Waals surface area contributed by atoms with Gasteiger partial charge in [0.05, 0.1) is 53.5 Å². The zero-order chi connectivity index (χ0) is 43.5. The molecule has 0 radical (unpaired) electrons. The third-order valence-corrected chi connectivity index (χ3v) is 12.3. The van der Waals surface area contributed by atoms with Crippen LogP contribution in [0.25, 0.3) is 0 Å². The van der Waals surface area contributed by atoms with Crippen molar-refractivity contribution in [2.45, 2.75) is 193 Å². The van der Waals surface area contributed by atoms with Crippen LogP contribution < -0.4 is 0 Å². The summed E-state index contributed by atoms with van der Waals surface area (Å²) in [5.74, 6) is -6.55. The molecule has 0 saturated carbocycles. The van der Waals surface area contributed by atoms with Crippen LogP contribution in [-0.4, -0.2) is 149 Å². The first-order chi connectivity index (χ1) is 26.2. The lowest BCUT2D eigenvalue weighted by Crippen LogP contribution is -2.61. The number of cyclic esters (lactones) is 1. The predicted molar refractivity (Wildman–Crippen MR) is 205 cm³/mol. The van der Waals surface area contributed by atoms with Gasteiger partial charge >= 0.3 is 17.9 Å². The smallest absolute Gasteiger partial charge is 0.311 e. The third kappa shape index (κ3) is 11.3. The highest BCUT2D eigenvalue weighted by Gasteiger charge is 2.54. The van der Waals surface area contributed by atoms with Crippen LogP contribution in [0.1, 0.15) is 109 Å². The molecule has 16 nitrogen and oxygen atoms in total. The Morgan fingerprint density at radius 3 is 1.98 bits per heavy atom. The molecule has 3 aliphatic rings. The largest absolute Gasteiger partial charge is 0.459 e. The maximum atomic E-state index is 14.4. The number of hydrogen-bond donors (Lipinski definition) is 3. The summed E-state index contributed by atoms with van der Waals surface area (Å²) < 4.78 is 49.2. The molecule has 0 bridgehead atoms. The minimum Gasteiger partial charge on any atom is -0.459 e. The van der Waals surface area contributed by atoms with Crippen LogP contribution in [0.15, 0.2) is 0 Å². The van der Waals surface area contributed by atoms with E-state index in [1.807, 2.05) is 25.9 Å². The van der Waals surface area contributed by atoms with Crippen LogP contribution >= 0.6 is 0 Å². The Bertz CT molecular complexity index is 1390. The number of nitrogens with zero attached hydrogens (tertiary/aromatic N) is 1. The zero-order valence-corrected chi connectivity index (χ0v) is 36.7. The topological polar surface area (TPSA) is 206 Å². The second kappa shape index (κ2) is 19.4. The number of rotatable bonds is 9. The van der Waals surface area contributed by atoms with Gasteiger partial charge in [-0.3, -0.25) is 19.2 Å². The molecular weight excluding hydrogens is 746 g/mol. The highest BCUT2D eigenvalue weighted by Crippen LogP contribution is 2.41. The van der Waals surface area contributed by atoms with Crippen molar-refractivity contribution in [3.05, 3.63) is 0 Å². The number of ketones is 1. The molecule has 330 valence electrons. The van der Waals surface area contributed by atoms with Gasteiger partial charge in [-0.1, -0.05) is 27.7 Å². The van der Waals surface area contributed by atoms with E-state index in [0.29, 0.717) is 6.42 Å². The molecule has 3 N–H and O–H groups in total. The molecule has 3 aliphatic heterocycles. The maximum Gasteiger partial charge on any atom is 0.311 e. The van der Waals surface area contributed by atoms with Gasteiger partial charge in [0.2, 0.25) is 0 Å². The van der Waals surface area contributed by atoms with E-state index < -0.39 is 119 Å². The molecule has 0 aliphatic carbocycles. The lowest BCUT2D eigenvalue weighted by Gasteiger charge is -2.49. The summed E-state index contributed by atoms with van der Waals surface area (Å²) in [7, 11) is 5.17. The highest BCUT2D eigenvalue weighted by atomic mass is 16.7. The number of ether oxygens (including phenoxy) is 8. The van der Waals surface area contributed by atoms with E-state index in [4.69, 9.17) is 37.9 Å². The van der Waals surface area contributed by atoms with Crippen molar-refractivity contribution in [1.82, 2.24) is 4.90 Å². The fraction of sp³-hybridized carbons (Fsp3) is 0.902. The summed E-state index contributed by atoms with van der Waals surface area (Å²) in [6.45, 7) is 18.7. The fourth-order valence-electron chi connectivity index (χ4n) is 9.10. The number of carbonyl (C=O) groups excluding carboxylic acids is 4. The van der Waals surface area contributed by atoms with Crippen molar-refractivity contribution >= 4 is 23.7 Å². The van der Waals surface area contributed by atoms with E-state index in [1.165, 1.54) is 34.8 Å². The van der Waals surface area contributed by atoms with Crippen LogP contribution in [0.4, 0.5) is 0 Å². The first-order valence-corrected chi connectivity index (χ1v) is 20.3. The monoisotopic (exact) mass is 817 g/mol. The van der Waals surface area contributed by atoms with Gasteiger partial charge in [0.25, 0.3) is 0 Å². The molecular formula is C41H71NO15. The minimum absolute atomic E-state index is 0.0595. The summed E-state index contributed by atoms with van der Waals surface area (Å²) in [6, 6.07) is -0.337. The van der Waals surface area contributed by atoms with Gasteiger partial charge in [0.1, 0.15) is 29.7 Å². The fourth-order valence-corrected chi connectivity index (χ4v) is 9.10. The SMILES string of the molecule is CC[C@H]1OC(=O)[C@H](C)[C@@H](O[C@H]2C[C@@](C)(OC)[C@@H](O)[C@H](C)O2)[C@H](C)[C@@H](O[C@@H]2O[C@H](C)C[C@H](N(C)C)[C@H]2OC(C)=O)[C@@](C)(O)C[C@@H](C)C(=O)[C@H](C)[C@@H](OC(C)=O)[C@]1(C)O. The van der Waals surface area contributed by atoms with Gasteiger partial charge in [-0.05, 0) is 74.9 Å². The molecule has 0 amide bonds. The molecule has 0 aromatic carbocycles. The molecule has 3 heterocycles. The standard InChI is InChI=1S/C41H71NO15/c1-16-29-41(12,49)36(54-27(9)44)22(4)31(45)20(2)18-39(10,48)35(57-38-33(53-26(8)43)28(42(13)14)17-21(3)51-38)23(5)32(24(6)37(47)55-29)56-30-19-40(11,50-15)34(46)25(7)52-30/h20-25,28-30,32-36,38,46,48-49H,16-19H2,1-15H3/t20-,21-,22+,23+,24-,25+,28+,29-,30+,32+,33-,34+,35-,36-,38+,39+,40-,41-/m1/s1. The Morgan fingerprint density at radius 1 is 0.860 bits per heavy atom. The average Bonchev–Trinajstić information content (AvgIpc) is 3.11. The second-order valence-electron chi connectivity index (χ2n) is 17.6. The second-order valence-corrected chi connectivity index (χ2v) is 17.6. The number of methoxy groups -OCH3 is 1. The lowest BCUT2D eigenvalue weighted by molar-refractivity contribution is -0.318. The highest BCUT2D eigenvalue weighted by molar-refractivity contribution is 5.84. The number of carbonyl (C=O) groups is 4. The number of likely N-dealkylation sites (N-methyl/N-ethyl adjacent to an activating group) is 1. The van der Waals surface area contributed by atoms with Gasteiger partial charge in [0, 0.05) is 39.2 Å². The Kier molecular flexibility index (Phi) is 16.7. The normalized spacial score (nSPS) is 45.5. The quantitative estimate of drug-likeness (QED) is 0.226. The van der Waals surface area contributed by atoms with Gasteiger partial charge in [0.15, 0.2) is 18.7 Å². The first-order valence-electron chi connectivity index (χ1n) is 20.3. The summed E-state index contributed by atoms with van der Waals surface area (Å²) in [4.78, 5) is 55.4. The first kappa shape index (κ1) is 49.1. The summed E-state index contributed by atoms with van der Waals surface area (Å²) in [6.07, 6.45) is -9.89. The molecule has 57 heavy (non-hydrogen) atoms. The number of aliphatic hydroxyl groups is 3. The van der Waals surface area contributed by atoms with Crippen LogP contribution in [-0.2, 0) is 57.1 Å². The van der Waals surface area contributed by atoms with E-state index in [0.717, 1.165) is 6.92 Å². The van der Waals surface area contributed by atoms with Crippen molar-refractivity contribution in [3.63, 3.8) is 0 Å². The van der Waals surface area contributed by atoms with Gasteiger partial charge in [-0.25, -0.2) is 0 Å². The summed E-state index contributed by atoms with van der Waals surface area (Å²) >= 11 is 0. The van der Waals surface area contributed by atoms with Crippen molar-refractivity contribution in [2.75, 3.05) is 21.2 Å². The lowest BCUT2D eigenvalue weighted by atomic mass is 9.74. The number of Topliss-reactive ketones (excluding diaryl/α,β-unsaturated/α-hetero) is 1. The van der Waals surface area contributed by atoms with E-state index in [2.05, 4.69) is 0 Å². The van der Waals surface area contributed by atoms with E-state index in [9.17, 15) is 34.5 Å². The van der Waals surface area contributed by atoms with Crippen LogP contribution in [0.5, 0.6) is 0 Å². The molecule has 16 heteroatoms. The molecule has 18 atom stereocenters. The van der Waals surface area contributed by atoms with Crippen molar-refractivity contribution in [2.24, 2.45) is 23.7 Å². The predicted octanol–water partition coefficient (Wildman–Crippen LogP) is 2.93. The maximum absolute atomic E-state index is 14.4. The molecule has 0 spiro atoms. The van der Waals surface area contributed by atoms with E-state index in [1.54, 1.807) is 41.5 Å². The minimum atomic E-state index is -2.02. The molecule has 3 saturated heterocycles. The summed E-state index contributed by atoms with van der Waals surface area (Å²) in [5.41, 5.74) is -4.98. The Balaban J connectivity index is 2.28. The van der Waals surface area contributed by atoms with Crippen LogP contribution in [0, 0.1) is 23.7 Å². The van der Waals surface area contributed by atoms with Gasteiger partial charge < -0.3 is 58.1 Å². The van der Waals surface area contributed by atoms with Crippen molar-refractivity contribution < 1.29 is 72.4 Å². The van der Waals surface area contributed by atoms with Crippen LogP contribution in [0.3, 0.4) is 0 Å². The Labute approximate surface area is 338 Å².